The highest BCUT2D eigenvalue weighted by Gasteiger charge is 1.94. The lowest BCUT2D eigenvalue weighted by Gasteiger charge is -2.06. The summed E-state index contributed by atoms with van der Waals surface area (Å²) in [5.41, 5.74) is 11.4. The van der Waals surface area contributed by atoms with Crippen LogP contribution in [0.2, 0.25) is 0 Å². The van der Waals surface area contributed by atoms with Crippen LogP contribution in [0.5, 0.6) is 0 Å². The first-order valence-corrected chi connectivity index (χ1v) is 7.78. The molecule has 0 aromatic heterocycles. The van der Waals surface area contributed by atoms with Gasteiger partial charge in [-0.25, -0.2) is 0 Å². The number of hydrogen-bond donors (Lipinski definition) is 4. The number of aliphatic imine (C=N–C) groups is 2. The second-order valence-electron chi connectivity index (χ2n) is 4.80. The van der Waals surface area contributed by atoms with Crippen molar-refractivity contribution < 1.29 is 0 Å². The van der Waals surface area contributed by atoms with Gasteiger partial charge in [-0.3, -0.25) is 9.98 Å². The van der Waals surface area contributed by atoms with Crippen LogP contribution in [0.3, 0.4) is 0 Å². The quantitative estimate of drug-likeness (QED) is 0.260. The van der Waals surface area contributed by atoms with Crippen molar-refractivity contribution in [3.8, 4) is 0 Å². The monoisotopic (exact) mass is 284 g/mol. The van der Waals surface area contributed by atoms with Crippen LogP contribution in [0.15, 0.2) is 9.98 Å². The van der Waals surface area contributed by atoms with E-state index < -0.39 is 0 Å². The van der Waals surface area contributed by atoms with Gasteiger partial charge >= 0.3 is 0 Å². The summed E-state index contributed by atoms with van der Waals surface area (Å²) in [5.74, 6) is 1.13. The van der Waals surface area contributed by atoms with Gasteiger partial charge in [0.1, 0.15) is 0 Å². The molecular formula is C14H32N6. The van der Waals surface area contributed by atoms with Gasteiger partial charge in [-0.2, -0.15) is 0 Å². The number of hydrogen-bond acceptors (Lipinski definition) is 2. The Morgan fingerprint density at radius 3 is 1.50 bits per heavy atom. The van der Waals surface area contributed by atoms with E-state index in [2.05, 4.69) is 34.5 Å². The van der Waals surface area contributed by atoms with Gasteiger partial charge in [0.05, 0.1) is 0 Å². The molecule has 6 N–H and O–H groups in total. The smallest absolute Gasteiger partial charge is 0.188 e. The van der Waals surface area contributed by atoms with Gasteiger partial charge in [-0.1, -0.05) is 26.7 Å². The third kappa shape index (κ3) is 13.0. The summed E-state index contributed by atoms with van der Waals surface area (Å²) < 4.78 is 0. The molecule has 20 heavy (non-hydrogen) atoms. The molecule has 0 saturated heterocycles. The average molecular weight is 284 g/mol. The van der Waals surface area contributed by atoms with Crippen LogP contribution in [0.4, 0.5) is 0 Å². The summed E-state index contributed by atoms with van der Waals surface area (Å²) >= 11 is 0. The van der Waals surface area contributed by atoms with E-state index in [1.807, 2.05) is 0 Å². The molecule has 0 amide bonds. The van der Waals surface area contributed by atoms with E-state index in [1.54, 1.807) is 0 Å². The molecule has 118 valence electrons. The number of nitrogens with one attached hydrogen (secondary N) is 2. The van der Waals surface area contributed by atoms with E-state index in [9.17, 15) is 0 Å². The average Bonchev–Trinajstić information content (AvgIpc) is 2.45. The van der Waals surface area contributed by atoms with E-state index in [1.165, 1.54) is 12.8 Å². The Kier molecular flexibility index (Phi) is 12.9. The Bertz CT molecular complexity index is 247. The molecule has 0 aliphatic carbocycles. The molecule has 0 fully saturated rings. The van der Waals surface area contributed by atoms with E-state index in [0.29, 0.717) is 11.9 Å². The van der Waals surface area contributed by atoms with E-state index in [4.69, 9.17) is 11.5 Å². The fourth-order valence-corrected chi connectivity index (χ4v) is 1.61. The molecule has 0 aliphatic rings. The first-order valence-electron chi connectivity index (χ1n) is 7.78. The molecule has 6 heteroatoms. The molecular weight excluding hydrogens is 252 g/mol. The number of nitrogens with zero attached hydrogens (tertiary/aromatic N) is 2. The summed E-state index contributed by atoms with van der Waals surface area (Å²) in [7, 11) is 0. The minimum absolute atomic E-state index is 0.563. The zero-order valence-corrected chi connectivity index (χ0v) is 13.1. The molecule has 0 unspecified atom stereocenters. The van der Waals surface area contributed by atoms with Gasteiger partial charge in [0.15, 0.2) is 11.9 Å². The molecule has 0 radical (unpaired) electrons. The van der Waals surface area contributed by atoms with Crippen LogP contribution in [0, 0.1) is 0 Å². The third-order valence-corrected chi connectivity index (χ3v) is 2.73. The minimum Gasteiger partial charge on any atom is -0.370 e. The van der Waals surface area contributed by atoms with Gasteiger partial charge in [0.25, 0.3) is 0 Å². The van der Waals surface area contributed by atoms with Crippen molar-refractivity contribution in [2.24, 2.45) is 21.5 Å². The van der Waals surface area contributed by atoms with Crippen molar-refractivity contribution in [3.63, 3.8) is 0 Å². The van der Waals surface area contributed by atoms with Crippen molar-refractivity contribution >= 4 is 11.9 Å². The molecule has 0 spiro atoms. The maximum absolute atomic E-state index is 5.70. The first kappa shape index (κ1) is 18.5. The predicted molar refractivity (Wildman–Crippen MR) is 88.0 cm³/mol. The highest BCUT2D eigenvalue weighted by atomic mass is 15.1. The molecule has 0 saturated carbocycles. The van der Waals surface area contributed by atoms with E-state index in [0.717, 1.165) is 51.9 Å². The molecule has 0 rings (SSSR count). The van der Waals surface area contributed by atoms with Crippen molar-refractivity contribution in [2.45, 2.75) is 52.4 Å². The number of nitrogens with two attached hydrogens (primary N) is 2. The summed E-state index contributed by atoms with van der Waals surface area (Å²) in [6, 6.07) is 0. The van der Waals surface area contributed by atoms with Gasteiger partial charge in [-0.15, -0.1) is 0 Å². The number of guanidine groups is 2. The lowest BCUT2D eigenvalue weighted by molar-refractivity contribution is 0.621. The van der Waals surface area contributed by atoms with Gasteiger partial charge in [0.2, 0.25) is 0 Å². The van der Waals surface area contributed by atoms with Crippen LogP contribution in [0.25, 0.3) is 0 Å². The van der Waals surface area contributed by atoms with Crippen molar-refractivity contribution in [2.75, 3.05) is 26.2 Å². The van der Waals surface area contributed by atoms with Crippen LogP contribution in [-0.4, -0.2) is 38.1 Å². The molecule has 0 aliphatic heterocycles. The molecule has 0 bridgehead atoms. The lowest BCUT2D eigenvalue weighted by atomic mass is 10.2. The Morgan fingerprint density at radius 1 is 0.750 bits per heavy atom. The SMILES string of the molecule is CCCN=C(N)NCCCCCCNC(N)=NCCC. The second-order valence-corrected chi connectivity index (χ2v) is 4.80. The summed E-state index contributed by atoms with van der Waals surface area (Å²) in [5, 5.41) is 6.25. The fraction of sp³-hybridized carbons (Fsp3) is 0.857. The maximum atomic E-state index is 5.70. The van der Waals surface area contributed by atoms with Crippen molar-refractivity contribution in [1.82, 2.24) is 10.6 Å². The number of unbranched alkanes of at least 4 members (excludes halogenated alkanes) is 3. The molecule has 0 aromatic carbocycles. The van der Waals surface area contributed by atoms with E-state index in [-0.39, 0.29) is 0 Å². The van der Waals surface area contributed by atoms with E-state index >= 15 is 0 Å². The minimum atomic E-state index is 0.563. The van der Waals surface area contributed by atoms with Crippen LogP contribution in [0.1, 0.15) is 52.4 Å². The standard InChI is InChI=1S/C14H32N6/c1-3-9-17-13(15)19-11-7-5-6-8-12-20-14(16)18-10-4-2/h3-12H2,1-2H3,(H3,15,17,19)(H3,16,18,20). The molecule has 6 nitrogen and oxygen atoms in total. The lowest BCUT2D eigenvalue weighted by Crippen LogP contribution is -2.33. The largest absolute Gasteiger partial charge is 0.370 e. The Hall–Kier alpha value is -1.46. The zero-order valence-electron chi connectivity index (χ0n) is 13.1. The molecule has 0 atom stereocenters. The Balaban J connectivity index is 3.33. The van der Waals surface area contributed by atoms with Gasteiger partial charge < -0.3 is 22.1 Å². The highest BCUT2D eigenvalue weighted by Crippen LogP contribution is 1.97. The Labute approximate surface area is 123 Å². The van der Waals surface area contributed by atoms with Gasteiger partial charge in [-0.05, 0) is 25.7 Å². The van der Waals surface area contributed by atoms with Crippen LogP contribution in [-0.2, 0) is 0 Å². The molecule has 0 heterocycles. The zero-order chi connectivity index (χ0) is 15.1. The van der Waals surface area contributed by atoms with Crippen LogP contribution < -0.4 is 22.1 Å². The molecule has 0 aromatic rings. The van der Waals surface area contributed by atoms with Crippen LogP contribution >= 0.6 is 0 Å². The topological polar surface area (TPSA) is 101 Å². The fourth-order valence-electron chi connectivity index (χ4n) is 1.61. The van der Waals surface area contributed by atoms with Crippen molar-refractivity contribution in [3.05, 3.63) is 0 Å². The Morgan fingerprint density at radius 2 is 1.15 bits per heavy atom. The highest BCUT2D eigenvalue weighted by molar-refractivity contribution is 5.78. The first-order chi connectivity index (χ1) is 9.70. The maximum Gasteiger partial charge on any atom is 0.188 e. The summed E-state index contributed by atoms with van der Waals surface area (Å²) in [4.78, 5) is 8.36. The van der Waals surface area contributed by atoms with Gasteiger partial charge in [0, 0.05) is 26.2 Å². The summed E-state index contributed by atoms with van der Waals surface area (Å²) in [6.45, 7) is 7.56. The van der Waals surface area contributed by atoms with Crippen molar-refractivity contribution in [1.29, 1.82) is 0 Å². The second kappa shape index (κ2) is 14.0. The third-order valence-electron chi connectivity index (χ3n) is 2.73. The predicted octanol–water partition coefficient (Wildman–Crippen LogP) is 1.18. The number of rotatable bonds is 11. The summed E-state index contributed by atoms with van der Waals surface area (Å²) in [6.07, 6.45) is 6.65. The normalized spacial score (nSPS) is 12.5.